The fraction of sp³-hybridized carbons (Fsp3) is 0.278. The molecule has 0 amide bonds. The maximum atomic E-state index is 4.64. The molecule has 2 N–H and O–H groups in total. The Morgan fingerprint density at radius 3 is 3.08 bits per heavy atom. The van der Waals surface area contributed by atoms with Gasteiger partial charge in [0.15, 0.2) is 11.6 Å². The molecule has 0 radical (unpaired) electrons. The van der Waals surface area contributed by atoms with Crippen molar-refractivity contribution in [2.45, 2.75) is 32.1 Å². The molecule has 4 rings (SSSR count). The van der Waals surface area contributed by atoms with Crippen LogP contribution in [-0.4, -0.2) is 20.2 Å². The number of nitrogens with zero attached hydrogens (tertiary/aromatic N) is 3. The van der Waals surface area contributed by atoms with Gasteiger partial charge in [-0.3, -0.25) is 5.10 Å². The van der Waals surface area contributed by atoms with Gasteiger partial charge in [-0.25, -0.2) is 9.97 Å². The third-order valence-electron chi connectivity index (χ3n) is 3.82. The van der Waals surface area contributed by atoms with Gasteiger partial charge in [0.05, 0.1) is 14.2 Å². The lowest BCUT2D eigenvalue weighted by atomic mass is 10.3. The first-order valence-corrected chi connectivity index (χ1v) is 9.78. The van der Waals surface area contributed by atoms with E-state index in [0.717, 1.165) is 26.5 Å². The van der Waals surface area contributed by atoms with Crippen molar-refractivity contribution in [2.24, 2.45) is 0 Å². The average Bonchev–Trinajstić information content (AvgIpc) is 3.18. The smallest absolute Gasteiger partial charge is 0.171 e. The molecule has 0 atom stereocenters. The topological polar surface area (TPSA) is 66.5 Å². The Balaban J connectivity index is 1.58. The van der Waals surface area contributed by atoms with E-state index in [2.05, 4.69) is 59.3 Å². The Hall–Kier alpha value is -2.17. The molecular formula is C18H16BrN5S. The van der Waals surface area contributed by atoms with Crippen LogP contribution in [0.3, 0.4) is 0 Å². The number of nitrogens with one attached hydrogen (secondary N) is 2. The van der Waals surface area contributed by atoms with Crippen molar-refractivity contribution in [3.63, 3.8) is 0 Å². The molecule has 126 valence electrons. The highest BCUT2D eigenvalue weighted by Gasteiger charge is 2.25. The van der Waals surface area contributed by atoms with E-state index in [1.807, 2.05) is 19.1 Å². The molecule has 0 spiro atoms. The SMILES string of the molecule is CCC#Cc1ccc(-c2ncc(Br)c(Nc3cc(C4CC4)[nH]n3)n2)s1. The zero-order chi connectivity index (χ0) is 17.2. The molecule has 3 aromatic rings. The molecule has 0 aromatic carbocycles. The minimum atomic E-state index is 0.640. The van der Waals surface area contributed by atoms with E-state index in [-0.39, 0.29) is 0 Å². The van der Waals surface area contributed by atoms with Crippen molar-refractivity contribution in [2.75, 3.05) is 5.32 Å². The molecule has 1 aliphatic rings. The highest BCUT2D eigenvalue weighted by Crippen LogP contribution is 2.40. The van der Waals surface area contributed by atoms with Gasteiger partial charge in [0.1, 0.15) is 5.82 Å². The first kappa shape index (κ1) is 16.3. The number of hydrogen-bond acceptors (Lipinski definition) is 5. The fourth-order valence-electron chi connectivity index (χ4n) is 2.40. The normalized spacial score (nSPS) is 13.4. The molecule has 1 fully saturated rings. The van der Waals surface area contributed by atoms with Gasteiger partial charge in [-0.05, 0) is 40.9 Å². The quantitative estimate of drug-likeness (QED) is 0.585. The maximum Gasteiger partial charge on any atom is 0.171 e. The van der Waals surface area contributed by atoms with Crippen LogP contribution in [0.2, 0.25) is 0 Å². The van der Waals surface area contributed by atoms with E-state index in [1.165, 1.54) is 18.5 Å². The Bertz CT molecular complexity index is 961. The van der Waals surface area contributed by atoms with Crippen molar-refractivity contribution in [1.29, 1.82) is 0 Å². The second-order valence-corrected chi connectivity index (χ2v) is 7.76. The number of aromatic amines is 1. The van der Waals surface area contributed by atoms with Crippen molar-refractivity contribution in [3.8, 4) is 22.5 Å². The van der Waals surface area contributed by atoms with Crippen LogP contribution in [-0.2, 0) is 0 Å². The zero-order valence-electron chi connectivity index (χ0n) is 13.6. The van der Waals surface area contributed by atoms with Crippen LogP contribution < -0.4 is 5.32 Å². The van der Waals surface area contributed by atoms with Gasteiger partial charge >= 0.3 is 0 Å². The van der Waals surface area contributed by atoms with Gasteiger partial charge in [-0.2, -0.15) is 5.10 Å². The van der Waals surface area contributed by atoms with Crippen LogP contribution >= 0.6 is 27.3 Å². The highest BCUT2D eigenvalue weighted by molar-refractivity contribution is 9.10. The minimum absolute atomic E-state index is 0.640. The molecule has 3 aromatic heterocycles. The number of rotatable bonds is 4. The number of H-pyrrole nitrogens is 1. The van der Waals surface area contributed by atoms with Crippen LogP contribution in [0.4, 0.5) is 11.6 Å². The van der Waals surface area contributed by atoms with Gasteiger partial charge in [0.25, 0.3) is 0 Å². The summed E-state index contributed by atoms with van der Waals surface area (Å²) in [5.74, 6) is 9.02. The number of thiophene rings is 1. The molecule has 1 saturated carbocycles. The van der Waals surface area contributed by atoms with Gasteiger partial charge in [0, 0.05) is 30.3 Å². The molecule has 7 heteroatoms. The third kappa shape index (κ3) is 3.75. The van der Waals surface area contributed by atoms with Crippen LogP contribution in [0.25, 0.3) is 10.7 Å². The van der Waals surface area contributed by atoms with E-state index in [9.17, 15) is 0 Å². The van der Waals surface area contributed by atoms with Crippen molar-refractivity contribution in [3.05, 3.63) is 39.4 Å². The molecule has 0 aliphatic heterocycles. The molecule has 0 bridgehead atoms. The summed E-state index contributed by atoms with van der Waals surface area (Å²) < 4.78 is 0.801. The van der Waals surface area contributed by atoms with Crippen LogP contribution in [0, 0.1) is 11.8 Å². The van der Waals surface area contributed by atoms with Gasteiger partial charge in [-0.1, -0.05) is 18.8 Å². The first-order chi connectivity index (χ1) is 12.2. The molecular weight excluding hydrogens is 398 g/mol. The van der Waals surface area contributed by atoms with Gasteiger partial charge in [-0.15, -0.1) is 11.3 Å². The largest absolute Gasteiger partial charge is 0.322 e. The predicted octanol–water partition coefficient (Wildman–Crippen LogP) is 5.07. The lowest BCUT2D eigenvalue weighted by Crippen LogP contribution is -1.98. The summed E-state index contributed by atoms with van der Waals surface area (Å²) in [4.78, 5) is 11.1. The summed E-state index contributed by atoms with van der Waals surface area (Å²) in [6.07, 6.45) is 5.09. The number of halogens is 1. The Kier molecular flexibility index (Phi) is 4.55. The Morgan fingerprint density at radius 1 is 1.40 bits per heavy atom. The molecule has 0 saturated heterocycles. The van der Waals surface area contributed by atoms with Crippen LogP contribution in [0.5, 0.6) is 0 Å². The van der Waals surface area contributed by atoms with Crippen molar-refractivity contribution >= 4 is 38.9 Å². The standard InChI is InChI=1S/C18H16BrN5S/c1-2-3-4-12-7-8-15(25-12)18-20-10-13(19)17(22-18)21-16-9-14(23-24-16)11-5-6-11/h7-11H,2,5-6H2,1H3,(H2,20,21,22,23,24). The molecule has 1 aliphatic carbocycles. The number of anilines is 2. The van der Waals surface area contributed by atoms with E-state index in [1.54, 1.807) is 17.5 Å². The number of hydrogen-bond donors (Lipinski definition) is 2. The minimum Gasteiger partial charge on any atom is -0.322 e. The second kappa shape index (κ2) is 6.98. The summed E-state index contributed by atoms with van der Waals surface area (Å²) in [6, 6.07) is 6.07. The predicted molar refractivity (Wildman–Crippen MR) is 104 cm³/mol. The molecule has 3 heterocycles. The summed E-state index contributed by atoms with van der Waals surface area (Å²) in [5.41, 5.74) is 1.19. The lowest BCUT2D eigenvalue weighted by Gasteiger charge is -2.05. The van der Waals surface area contributed by atoms with E-state index < -0.39 is 0 Å². The van der Waals surface area contributed by atoms with Crippen LogP contribution in [0.1, 0.15) is 42.7 Å². The Morgan fingerprint density at radius 2 is 2.28 bits per heavy atom. The lowest BCUT2D eigenvalue weighted by molar-refractivity contribution is 0.966. The van der Waals surface area contributed by atoms with E-state index >= 15 is 0 Å². The van der Waals surface area contributed by atoms with E-state index in [0.29, 0.717) is 17.6 Å². The van der Waals surface area contributed by atoms with Gasteiger partial charge < -0.3 is 5.32 Å². The van der Waals surface area contributed by atoms with Gasteiger partial charge in [0.2, 0.25) is 0 Å². The monoisotopic (exact) mass is 413 g/mol. The average molecular weight is 414 g/mol. The number of aromatic nitrogens is 4. The van der Waals surface area contributed by atoms with Crippen molar-refractivity contribution < 1.29 is 0 Å². The molecule has 25 heavy (non-hydrogen) atoms. The molecule has 0 unspecified atom stereocenters. The molecule has 5 nitrogen and oxygen atoms in total. The van der Waals surface area contributed by atoms with Crippen molar-refractivity contribution in [1.82, 2.24) is 20.2 Å². The van der Waals surface area contributed by atoms with E-state index in [4.69, 9.17) is 0 Å². The second-order valence-electron chi connectivity index (χ2n) is 5.82. The van der Waals surface area contributed by atoms with Crippen LogP contribution in [0.15, 0.2) is 28.9 Å². The summed E-state index contributed by atoms with van der Waals surface area (Å²) >= 11 is 5.10. The fourth-order valence-corrected chi connectivity index (χ4v) is 3.51. The summed E-state index contributed by atoms with van der Waals surface area (Å²) in [5, 5.41) is 10.7. The zero-order valence-corrected chi connectivity index (χ0v) is 16.0. The summed E-state index contributed by atoms with van der Waals surface area (Å²) in [6.45, 7) is 2.04. The summed E-state index contributed by atoms with van der Waals surface area (Å²) in [7, 11) is 0. The highest BCUT2D eigenvalue weighted by atomic mass is 79.9. The Labute approximate surface area is 158 Å². The third-order valence-corrected chi connectivity index (χ3v) is 5.40. The first-order valence-electron chi connectivity index (χ1n) is 8.17. The maximum absolute atomic E-state index is 4.64.